The fraction of sp³-hybridized carbons (Fsp3) is 0.909. The van der Waals surface area contributed by atoms with Crippen molar-refractivity contribution < 1.29 is 4.79 Å². The number of nitrogens with zero attached hydrogens (tertiary/aromatic N) is 1. The summed E-state index contributed by atoms with van der Waals surface area (Å²) < 4.78 is 0. The molecule has 1 aliphatic rings. The quantitative estimate of drug-likeness (QED) is 0.678. The number of carbonyl (C=O) groups is 1. The Morgan fingerprint density at radius 2 is 2.40 bits per heavy atom. The zero-order valence-corrected chi connectivity index (χ0v) is 9.83. The molecule has 88 valence electrons. The monoisotopic (exact) mass is 213 g/mol. The van der Waals surface area contributed by atoms with Crippen molar-refractivity contribution in [3.63, 3.8) is 0 Å². The van der Waals surface area contributed by atoms with Gasteiger partial charge in [-0.15, -0.1) is 0 Å². The smallest absolute Gasteiger partial charge is 0.222 e. The lowest BCUT2D eigenvalue weighted by atomic mass is 10.1. The molecule has 1 rings (SSSR count). The molecule has 3 N–H and O–H groups in total. The van der Waals surface area contributed by atoms with E-state index in [1.807, 2.05) is 6.92 Å². The summed E-state index contributed by atoms with van der Waals surface area (Å²) in [5, 5.41) is 3.01. The third-order valence-electron chi connectivity index (χ3n) is 3.10. The summed E-state index contributed by atoms with van der Waals surface area (Å²) in [6.07, 6.45) is 1.97. The number of nitrogens with two attached hydrogens (primary N) is 1. The van der Waals surface area contributed by atoms with Crippen molar-refractivity contribution in [2.75, 3.05) is 33.2 Å². The van der Waals surface area contributed by atoms with E-state index in [-0.39, 0.29) is 11.8 Å². The van der Waals surface area contributed by atoms with Gasteiger partial charge >= 0.3 is 0 Å². The fourth-order valence-corrected chi connectivity index (χ4v) is 1.99. The zero-order valence-electron chi connectivity index (χ0n) is 9.83. The first kappa shape index (κ1) is 12.5. The van der Waals surface area contributed by atoms with Crippen molar-refractivity contribution in [2.45, 2.75) is 19.8 Å². The summed E-state index contributed by atoms with van der Waals surface area (Å²) in [6.45, 7) is 5.59. The van der Waals surface area contributed by atoms with Crippen molar-refractivity contribution in [2.24, 2.45) is 17.6 Å². The third-order valence-corrected chi connectivity index (χ3v) is 3.10. The minimum absolute atomic E-state index is 0.0501. The Morgan fingerprint density at radius 3 is 2.93 bits per heavy atom. The Morgan fingerprint density at radius 1 is 1.67 bits per heavy atom. The fourth-order valence-electron chi connectivity index (χ4n) is 1.99. The summed E-state index contributed by atoms with van der Waals surface area (Å²) in [5.74, 6) is 0.827. The number of nitrogens with one attached hydrogen (secondary N) is 1. The van der Waals surface area contributed by atoms with E-state index in [1.165, 1.54) is 6.42 Å². The minimum atomic E-state index is 0.0501. The Hall–Kier alpha value is -0.610. The van der Waals surface area contributed by atoms with Gasteiger partial charge in [-0.25, -0.2) is 0 Å². The van der Waals surface area contributed by atoms with Gasteiger partial charge in [0.15, 0.2) is 0 Å². The molecular weight excluding hydrogens is 190 g/mol. The molecule has 0 bridgehead atoms. The molecule has 4 nitrogen and oxygen atoms in total. The molecule has 0 radical (unpaired) electrons. The average molecular weight is 213 g/mol. The first-order valence-corrected chi connectivity index (χ1v) is 5.79. The number of carbonyl (C=O) groups excluding carboxylic acids is 1. The summed E-state index contributed by atoms with van der Waals surface area (Å²) >= 11 is 0. The number of amides is 1. The SMILES string of the molecule is CC(CCN)C(=O)NCC1CCN(C)C1. The maximum absolute atomic E-state index is 11.6. The van der Waals surface area contributed by atoms with Gasteiger partial charge < -0.3 is 16.0 Å². The molecule has 2 unspecified atom stereocenters. The highest BCUT2D eigenvalue weighted by atomic mass is 16.1. The van der Waals surface area contributed by atoms with Crippen LogP contribution in [0.2, 0.25) is 0 Å². The highest BCUT2D eigenvalue weighted by Crippen LogP contribution is 2.13. The van der Waals surface area contributed by atoms with Gasteiger partial charge in [0.2, 0.25) is 5.91 Å². The van der Waals surface area contributed by atoms with Crippen LogP contribution in [0.5, 0.6) is 0 Å². The first-order chi connectivity index (χ1) is 7.13. The van der Waals surface area contributed by atoms with Gasteiger partial charge in [0.05, 0.1) is 0 Å². The third kappa shape index (κ3) is 4.18. The lowest BCUT2D eigenvalue weighted by molar-refractivity contribution is -0.124. The van der Waals surface area contributed by atoms with E-state index < -0.39 is 0 Å². The Kier molecular flexibility index (Phi) is 5.05. The maximum Gasteiger partial charge on any atom is 0.222 e. The van der Waals surface area contributed by atoms with Crippen LogP contribution in [0.3, 0.4) is 0 Å². The number of rotatable bonds is 5. The van der Waals surface area contributed by atoms with Crippen LogP contribution in [0.25, 0.3) is 0 Å². The number of likely N-dealkylation sites (tertiary alicyclic amines) is 1. The molecule has 1 fully saturated rings. The second kappa shape index (κ2) is 6.08. The van der Waals surface area contributed by atoms with E-state index in [0.717, 1.165) is 26.1 Å². The molecular formula is C11H23N3O. The van der Waals surface area contributed by atoms with Crippen LogP contribution < -0.4 is 11.1 Å². The molecule has 1 amide bonds. The standard InChI is InChI=1S/C11H23N3O/c1-9(3-5-12)11(15)13-7-10-4-6-14(2)8-10/h9-10H,3-8,12H2,1-2H3,(H,13,15). The molecule has 1 aliphatic heterocycles. The molecule has 1 saturated heterocycles. The lowest BCUT2D eigenvalue weighted by Crippen LogP contribution is -2.34. The van der Waals surface area contributed by atoms with E-state index in [1.54, 1.807) is 0 Å². The molecule has 0 aromatic heterocycles. The highest BCUT2D eigenvalue weighted by Gasteiger charge is 2.20. The largest absolute Gasteiger partial charge is 0.356 e. The summed E-state index contributed by atoms with van der Waals surface area (Å²) in [7, 11) is 2.12. The molecule has 0 aliphatic carbocycles. The predicted molar refractivity (Wildman–Crippen MR) is 61.4 cm³/mol. The van der Waals surface area contributed by atoms with Gasteiger partial charge in [-0.2, -0.15) is 0 Å². The summed E-state index contributed by atoms with van der Waals surface area (Å²) in [4.78, 5) is 13.9. The van der Waals surface area contributed by atoms with Crippen molar-refractivity contribution in [1.29, 1.82) is 0 Å². The van der Waals surface area contributed by atoms with Crippen LogP contribution in [0.15, 0.2) is 0 Å². The number of hydrogen-bond donors (Lipinski definition) is 2. The van der Waals surface area contributed by atoms with Gasteiger partial charge in [-0.3, -0.25) is 4.79 Å². The van der Waals surface area contributed by atoms with E-state index >= 15 is 0 Å². The molecule has 15 heavy (non-hydrogen) atoms. The second-order valence-electron chi connectivity index (χ2n) is 4.64. The molecule has 4 heteroatoms. The second-order valence-corrected chi connectivity index (χ2v) is 4.64. The van der Waals surface area contributed by atoms with E-state index in [0.29, 0.717) is 12.5 Å². The Balaban J connectivity index is 2.16. The van der Waals surface area contributed by atoms with Crippen LogP contribution in [0, 0.1) is 11.8 Å². The summed E-state index contributed by atoms with van der Waals surface area (Å²) in [5.41, 5.74) is 5.42. The normalized spacial score (nSPS) is 24.1. The molecule has 0 aromatic rings. The van der Waals surface area contributed by atoms with Crippen LogP contribution in [0.1, 0.15) is 19.8 Å². The van der Waals surface area contributed by atoms with Gasteiger partial charge in [-0.1, -0.05) is 6.92 Å². The van der Waals surface area contributed by atoms with Gasteiger partial charge in [0, 0.05) is 19.0 Å². The van der Waals surface area contributed by atoms with E-state index in [9.17, 15) is 4.79 Å². The number of hydrogen-bond acceptors (Lipinski definition) is 3. The molecule has 0 spiro atoms. The van der Waals surface area contributed by atoms with Crippen molar-refractivity contribution in [3.05, 3.63) is 0 Å². The molecule has 2 atom stereocenters. The van der Waals surface area contributed by atoms with Gasteiger partial charge in [0.1, 0.15) is 0 Å². The summed E-state index contributed by atoms with van der Waals surface area (Å²) in [6, 6.07) is 0. The molecule has 0 aromatic carbocycles. The van der Waals surface area contributed by atoms with E-state index in [2.05, 4.69) is 17.3 Å². The van der Waals surface area contributed by atoms with E-state index in [4.69, 9.17) is 5.73 Å². The van der Waals surface area contributed by atoms with Crippen LogP contribution >= 0.6 is 0 Å². The minimum Gasteiger partial charge on any atom is -0.356 e. The van der Waals surface area contributed by atoms with Gasteiger partial charge in [-0.05, 0) is 38.9 Å². The molecule has 1 heterocycles. The van der Waals surface area contributed by atoms with Crippen LogP contribution in [0.4, 0.5) is 0 Å². The van der Waals surface area contributed by atoms with Gasteiger partial charge in [0.25, 0.3) is 0 Å². The first-order valence-electron chi connectivity index (χ1n) is 5.79. The van der Waals surface area contributed by atoms with Crippen molar-refractivity contribution >= 4 is 5.91 Å². The predicted octanol–water partition coefficient (Wildman–Crippen LogP) is 0.0392. The average Bonchev–Trinajstić information content (AvgIpc) is 2.61. The van der Waals surface area contributed by atoms with Crippen LogP contribution in [-0.2, 0) is 4.79 Å². The van der Waals surface area contributed by atoms with Crippen molar-refractivity contribution in [1.82, 2.24) is 10.2 Å². The van der Waals surface area contributed by atoms with Crippen LogP contribution in [-0.4, -0.2) is 44.0 Å². The highest BCUT2D eigenvalue weighted by molar-refractivity contribution is 5.78. The Bertz CT molecular complexity index is 208. The maximum atomic E-state index is 11.6. The topological polar surface area (TPSA) is 58.4 Å². The molecule has 0 saturated carbocycles. The zero-order chi connectivity index (χ0) is 11.3. The Labute approximate surface area is 92.2 Å². The lowest BCUT2D eigenvalue weighted by Gasteiger charge is -2.14. The van der Waals surface area contributed by atoms with Crippen molar-refractivity contribution in [3.8, 4) is 0 Å².